The van der Waals surface area contributed by atoms with E-state index in [4.69, 9.17) is 4.74 Å². The van der Waals surface area contributed by atoms with Gasteiger partial charge < -0.3 is 24.8 Å². The number of fused-ring (bicyclic) bond motifs is 1. The first-order valence-electron chi connectivity index (χ1n) is 11.9. The van der Waals surface area contributed by atoms with Crippen molar-refractivity contribution in [2.24, 2.45) is 5.92 Å². The van der Waals surface area contributed by atoms with Gasteiger partial charge >= 0.3 is 0 Å². The Labute approximate surface area is 204 Å². The maximum atomic E-state index is 13.3. The molecule has 0 bridgehead atoms. The van der Waals surface area contributed by atoms with Crippen molar-refractivity contribution < 1.29 is 19.1 Å². The fourth-order valence-corrected chi connectivity index (χ4v) is 4.47. The third-order valence-electron chi connectivity index (χ3n) is 6.23. The van der Waals surface area contributed by atoms with Crippen LogP contribution in [0.3, 0.4) is 0 Å². The van der Waals surface area contributed by atoms with E-state index in [2.05, 4.69) is 27.8 Å². The standard InChI is InChI=1S/C26H31N5O4/c1-3-30-15-19(11-24(30)33)14-27-26(34)21-12-20(29-23(32)16-35-2)13-22-25(21)31(17-28-22)10-9-18-7-5-4-6-8-18/h4-8,12-13,17,19H,3,9-11,14-16H2,1-2H3,(H,27,34)(H,29,32). The lowest BCUT2D eigenvalue weighted by molar-refractivity contribution is -0.127. The molecule has 184 valence electrons. The predicted molar refractivity (Wildman–Crippen MR) is 133 cm³/mol. The number of hydrogen-bond donors (Lipinski definition) is 2. The zero-order valence-electron chi connectivity index (χ0n) is 20.1. The van der Waals surface area contributed by atoms with Crippen molar-refractivity contribution in [3.8, 4) is 0 Å². The summed E-state index contributed by atoms with van der Waals surface area (Å²) in [5.74, 6) is -0.377. The van der Waals surface area contributed by atoms with E-state index in [1.165, 1.54) is 12.7 Å². The van der Waals surface area contributed by atoms with Gasteiger partial charge in [0.25, 0.3) is 5.91 Å². The molecule has 2 heterocycles. The van der Waals surface area contributed by atoms with Gasteiger partial charge in [-0.25, -0.2) is 4.98 Å². The third kappa shape index (κ3) is 5.86. The minimum Gasteiger partial charge on any atom is -0.375 e. The number of carbonyl (C=O) groups excluding carboxylic acids is 3. The van der Waals surface area contributed by atoms with Crippen molar-refractivity contribution in [3.63, 3.8) is 0 Å². The average molecular weight is 478 g/mol. The highest BCUT2D eigenvalue weighted by atomic mass is 16.5. The molecule has 3 aromatic rings. The Morgan fingerprint density at radius 3 is 2.71 bits per heavy atom. The van der Waals surface area contributed by atoms with E-state index in [0.717, 1.165) is 6.42 Å². The molecule has 3 amide bonds. The lowest BCUT2D eigenvalue weighted by Crippen LogP contribution is -2.31. The molecular weight excluding hydrogens is 446 g/mol. The molecule has 9 nitrogen and oxygen atoms in total. The number of likely N-dealkylation sites (tertiary alicyclic amines) is 1. The molecule has 9 heteroatoms. The number of hydrogen-bond acceptors (Lipinski definition) is 5. The SMILES string of the molecule is CCN1CC(CNC(=O)c2cc(NC(=O)COC)cc3ncn(CCc4ccccc4)c23)CC1=O. The molecule has 1 aliphatic rings. The van der Waals surface area contributed by atoms with Gasteiger partial charge in [0.1, 0.15) is 6.61 Å². The fourth-order valence-electron chi connectivity index (χ4n) is 4.47. The van der Waals surface area contributed by atoms with E-state index in [1.807, 2.05) is 29.7 Å². The molecular formula is C26H31N5O4. The van der Waals surface area contributed by atoms with Crippen LogP contribution in [0.1, 0.15) is 29.3 Å². The highest BCUT2D eigenvalue weighted by Crippen LogP contribution is 2.25. The number of methoxy groups -OCH3 is 1. The van der Waals surface area contributed by atoms with Gasteiger partial charge in [-0.15, -0.1) is 0 Å². The van der Waals surface area contributed by atoms with E-state index in [9.17, 15) is 14.4 Å². The molecule has 0 radical (unpaired) electrons. The van der Waals surface area contributed by atoms with Crippen molar-refractivity contribution in [1.29, 1.82) is 0 Å². The van der Waals surface area contributed by atoms with Crippen molar-refractivity contribution in [3.05, 3.63) is 59.9 Å². The lowest BCUT2D eigenvalue weighted by Gasteiger charge is -2.15. The van der Waals surface area contributed by atoms with Gasteiger partial charge in [0.2, 0.25) is 11.8 Å². The largest absolute Gasteiger partial charge is 0.375 e. The topological polar surface area (TPSA) is 106 Å². The first kappa shape index (κ1) is 24.4. The summed E-state index contributed by atoms with van der Waals surface area (Å²) >= 11 is 0. The number of benzene rings is 2. The van der Waals surface area contributed by atoms with Gasteiger partial charge in [0.15, 0.2) is 0 Å². The van der Waals surface area contributed by atoms with Crippen LogP contribution in [0.15, 0.2) is 48.8 Å². The van der Waals surface area contributed by atoms with Crippen LogP contribution in [0, 0.1) is 5.92 Å². The molecule has 1 aliphatic heterocycles. The number of anilines is 1. The number of nitrogens with zero attached hydrogens (tertiary/aromatic N) is 3. The molecule has 2 N–H and O–H groups in total. The molecule has 1 atom stereocenters. The Balaban J connectivity index is 1.58. The Bertz CT molecular complexity index is 1210. The Morgan fingerprint density at radius 2 is 2.00 bits per heavy atom. The van der Waals surface area contributed by atoms with Gasteiger partial charge in [-0.2, -0.15) is 0 Å². The van der Waals surface area contributed by atoms with E-state index in [0.29, 0.717) is 54.9 Å². The number of imidazole rings is 1. The number of carbonyl (C=O) groups is 3. The van der Waals surface area contributed by atoms with Crippen LogP contribution in [-0.2, 0) is 27.3 Å². The van der Waals surface area contributed by atoms with Crippen LogP contribution in [0.25, 0.3) is 11.0 Å². The molecule has 1 fully saturated rings. The molecule has 1 unspecified atom stereocenters. The monoisotopic (exact) mass is 477 g/mol. The second kappa shape index (κ2) is 11.1. The molecule has 0 saturated carbocycles. The van der Waals surface area contributed by atoms with Crippen LogP contribution in [0.5, 0.6) is 0 Å². The van der Waals surface area contributed by atoms with Gasteiger partial charge in [-0.1, -0.05) is 30.3 Å². The molecule has 2 aromatic carbocycles. The van der Waals surface area contributed by atoms with E-state index in [-0.39, 0.29) is 30.2 Å². The van der Waals surface area contributed by atoms with Crippen LogP contribution >= 0.6 is 0 Å². The normalized spacial score (nSPS) is 15.5. The quantitative estimate of drug-likeness (QED) is 0.467. The maximum Gasteiger partial charge on any atom is 0.253 e. The van der Waals surface area contributed by atoms with Crippen LogP contribution < -0.4 is 10.6 Å². The summed E-state index contributed by atoms with van der Waals surface area (Å²) in [6.07, 6.45) is 2.95. The number of aryl methyl sites for hydroxylation is 2. The van der Waals surface area contributed by atoms with Gasteiger partial charge in [-0.3, -0.25) is 14.4 Å². The zero-order chi connectivity index (χ0) is 24.8. The summed E-state index contributed by atoms with van der Waals surface area (Å²) in [5.41, 5.74) is 3.42. The van der Waals surface area contributed by atoms with E-state index in [1.54, 1.807) is 23.4 Å². The molecule has 1 aromatic heterocycles. The highest BCUT2D eigenvalue weighted by molar-refractivity contribution is 6.07. The van der Waals surface area contributed by atoms with Crippen LogP contribution in [0.2, 0.25) is 0 Å². The summed E-state index contributed by atoms with van der Waals surface area (Å²) in [4.78, 5) is 43.8. The summed E-state index contributed by atoms with van der Waals surface area (Å²) in [6.45, 7) is 4.24. The summed E-state index contributed by atoms with van der Waals surface area (Å²) < 4.78 is 6.87. The lowest BCUT2D eigenvalue weighted by atomic mass is 10.1. The second-order valence-corrected chi connectivity index (χ2v) is 8.76. The minimum atomic E-state index is -0.314. The number of ether oxygens (including phenoxy) is 1. The average Bonchev–Trinajstić information content (AvgIpc) is 3.44. The van der Waals surface area contributed by atoms with Gasteiger partial charge in [0, 0.05) is 51.3 Å². The molecule has 35 heavy (non-hydrogen) atoms. The first-order valence-corrected chi connectivity index (χ1v) is 11.9. The van der Waals surface area contributed by atoms with Crippen molar-refractivity contribution in [2.75, 3.05) is 38.7 Å². The van der Waals surface area contributed by atoms with Crippen LogP contribution in [0.4, 0.5) is 5.69 Å². The first-order chi connectivity index (χ1) is 17.0. The highest BCUT2D eigenvalue weighted by Gasteiger charge is 2.29. The molecule has 4 rings (SSSR count). The summed E-state index contributed by atoms with van der Waals surface area (Å²) in [6, 6.07) is 13.6. The van der Waals surface area contributed by atoms with E-state index < -0.39 is 0 Å². The van der Waals surface area contributed by atoms with E-state index >= 15 is 0 Å². The van der Waals surface area contributed by atoms with Crippen molar-refractivity contribution >= 4 is 34.4 Å². The number of aromatic nitrogens is 2. The number of nitrogens with one attached hydrogen (secondary N) is 2. The smallest absolute Gasteiger partial charge is 0.253 e. The molecule has 0 aliphatic carbocycles. The van der Waals surface area contributed by atoms with Crippen molar-refractivity contribution in [2.45, 2.75) is 26.3 Å². The third-order valence-corrected chi connectivity index (χ3v) is 6.23. The fraction of sp³-hybridized carbons (Fsp3) is 0.385. The maximum absolute atomic E-state index is 13.3. The van der Waals surface area contributed by atoms with Gasteiger partial charge in [0.05, 0.1) is 22.9 Å². The molecule has 0 spiro atoms. The number of amides is 3. The zero-order valence-corrected chi connectivity index (χ0v) is 20.1. The second-order valence-electron chi connectivity index (χ2n) is 8.76. The van der Waals surface area contributed by atoms with Crippen LogP contribution in [-0.4, -0.2) is 65.5 Å². The molecule has 1 saturated heterocycles. The summed E-state index contributed by atoms with van der Waals surface area (Å²) in [7, 11) is 1.45. The minimum absolute atomic E-state index is 0.0782. The van der Waals surface area contributed by atoms with Gasteiger partial charge in [-0.05, 0) is 31.0 Å². The Hall–Kier alpha value is -3.72. The summed E-state index contributed by atoms with van der Waals surface area (Å²) in [5, 5.41) is 5.77. The van der Waals surface area contributed by atoms with Crippen molar-refractivity contribution in [1.82, 2.24) is 19.8 Å². The number of rotatable bonds is 10. The Morgan fingerprint density at radius 1 is 1.20 bits per heavy atom. The predicted octanol–water partition coefficient (Wildman–Crippen LogP) is 2.46. The Kier molecular flexibility index (Phi) is 7.77.